The first-order valence-corrected chi connectivity index (χ1v) is 10.3. The lowest BCUT2D eigenvalue weighted by Crippen LogP contribution is -2.37. The smallest absolute Gasteiger partial charge is 0.240 e. The van der Waals surface area contributed by atoms with Gasteiger partial charge in [-0.15, -0.1) is 0 Å². The highest BCUT2D eigenvalue weighted by molar-refractivity contribution is 7.22. The molecule has 2 aliphatic heterocycles. The molecule has 0 saturated carbocycles. The number of likely N-dealkylation sites (tertiary alicyclic amines) is 2. The van der Waals surface area contributed by atoms with E-state index in [1.54, 1.807) is 0 Å². The molecule has 2 fully saturated rings. The fourth-order valence-corrected chi connectivity index (χ4v) is 4.85. The van der Waals surface area contributed by atoms with E-state index in [2.05, 4.69) is 20.1 Å². The largest absolute Gasteiger partial charge is 0.494 e. The Labute approximate surface area is 158 Å². The summed E-state index contributed by atoms with van der Waals surface area (Å²) < 4.78 is 6.56. The van der Waals surface area contributed by atoms with Gasteiger partial charge in [0.15, 0.2) is 5.13 Å². The monoisotopic (exact) mass is 374 g/mol. The van der Waals surface area contributed by atoms with E-state index in [4.69, 9.17) is 4.74 Å². The molecule has 2 aromatic rings. The number of carbonyl (C=O) groups is 1. The lowest BCUT2D eigenvalue weighted by molar-refractivity contribution is -0.117. The predicted octanol–water partition coefficient (Wildman–Crippen LogP) is 2.80. The lowest BCUT2D eigenvalue weighted by atomic mass is 10.2. The average Bonchev–Trinajstić information content (AvgIpc) is 3.34. The molecular weight excluding hydrogens is 348 g/mol. The van der Waals surface area contributed by atoms with Gasteiger partial charge in [0.25, 0.3) is 0 Å². The molecule has 140 valence electrons. The summed E-state index contributed by atoms with van der Waals surface area (Å²) in [6, 6.07) is 6.46. The van der Waals surface area contributed by atoms with Crippen LogP contribution >= 0.6 is 11.3 Å². The lowest BCUT2D eigenvalue weighted by Gasteiger charge is -2.23. The highest BCUT2D eigenvalue weighted by Gasteiger charge is 2.30. The van der Waals surface area contributed by atoms with E-state index in [0.717, 1.165) is 29.1 Å². The third-order valence-electron chi connectivity index (χ3n) is 5.19. The second-order valence-electron chi connectivity index (χ2n) is 7.05. The molecule has 1 unspecified atom stereocenters. The molecule has 0 radical (unpaired) electrons. The summed E-state index contributed by atoms with van der Waals surface area (Å²) >= 11 is 1.49. The SMILES string of the molecule is CCOc1ccc2nc(NC(=O)CN3CCC(N4CCCC4)C3)sc2c1. The number of hydrogen-bond donors (Lipinski definition) is 1. The van der Waals surface area contributed by atoms with Crippen molar-refractivity contribution in [2.45, 2.75) is 32.2 Å². The molecule has 2 aliphatic rings. The van der Waals surface area contributed by atoms with Crippen molar-refractivity contribution < 1.29 is 9.53 Å². The third-order valence-corrected chi connectivity index (χ3v) is 6.12. The molecule has 26 heavy (non-hydrogen) atoms. The first-order chi connectivity index (χ1) is 12.7. The number of ether oxygens (including phenoxy) is 1. The Hall–Kier alpha value is -1.70. The van der Waals surface area contributed by atoms with E-state index in [1.807, 2.05) is 25.1 Å². The average molecular weight is 375 g/mol. The number of aromatic nitrogens is 1. The molecule has 4 rings (SSSR count). The van der Waals surface area contributed by atoms with Crippen LogP contribution < -0.4 is 10.1 Å². The number of anilines is 1. The topological polar surface area (TPSA) is 57.7 Å². The van der Waals surface area contributed by atoms with Crippen LogP contribution in [0.1, 0.15) is 26.2 Å². The van der Waals surface area contributed by atoms with Gasteiger partial charge in [0, 0.05) is 19.1 Å². The fourth-order valence-electron chi connectivity index (χ4n) is 3.94. The van der Waals surface area contributed by atoms with Crippen molar-refractivity contribution in [3.8, 4) is 5.75 Å². The van der Waals surface area contributed by atoms with Crippen LogP contribution in [0.25, 0.3) is 10.2 Å². The van der Waals surface area contributed by atoms with Crippen LogP contribution in [0.2, 0.25) is 0 Å². The van der Waals surface area contributed by atoms with Crippen LogP contribution in [0.15, 0.2) is 18.2 Å². The highest BCUT2D eigenvalue weighted by atomic mass is 32.1. The Balaban J connectivity index is 1.32. The van der Waals surface area contributed by atoms with Gasteiger partial charge in [0.05, 0.1) is 23.4 Å². The minimum absolute atomic E-state index is 0.0242. The molecule has 0 spiro atoms. The number of nitrogens with one attached hydrogen (secondary N) is 1. The number of thiazole rings is 1. The molecule has 1 N–H and O–H groups in total. The van der Waals surface area contributed by atoms with Crippen LogP contribution in [-0.2, 0) is 4.79 Å². The summed E-state index contributed by atoms with van der Waals surface area (Å²) in [4.78, 5) is 21.8. The third kappa shape index (κ3) is 4.00. The molecule has 1 atom stereocenters. The number of nitrogens with zero attached hydrogens (tertiary/aromatic N) is 3. The zero-order chi connectivity index (χ0) is 17.9. The van der Waals surface area contributed by atoms with Crippen LogP contribution in [0, 0.1) is 0 Å². The van der Waals surface area contributed by atoms with Crippen molar-refractivity contribution in [3.05, 3.63) is 18.2 Å². The van der Waals surface area contributed by atoms with E-state index < -0.39 is 0 Å². The minimum Gasteiger partial charge on any atom is -0.494 e. The maximum Gasteiger partial charge on any atom is 0.240 e. The highest BCUT2D eigenvalue weighted by Crippen LogP contribution is 2.29. The summed E-state index contributed by atoms with van der Waals surface area (Å²) in [5, 5.41) is 3.63. The van der Waals surface area contributed by atoms with Crippen molar-refractivity contribution in [3.63, 3.8) is 0 Å². The molecule has 1 aromatic carbocycles. The number of carbonyl (C=O) groups excluding carboxylic acids is 1. The minimum atomic E-state index is 0.0242. The van der Waals surface area contributed by atoms with Gasteiger partial charge < -0.3 is 10.1 Å². The van der Waals surface area contributed by atoms with Crippen molar-refractivity contribution in [1.29, 1.82) is 0 Å². The second-order valence-corrected chi connectivity index (χ2v) is 8.08. The number of fused-ring (bicyclic) bond motifs is 1. The van der Waals surface area contributed by atoms with Gasteiger partial charge >= 0.3 is 0 Å². The van der Waals surface area contributed by atoms with E-state index >= 15 is 0 Å². The Kier molecular flexibility index (Phi) is 5.38. The van der Waals surface area contributed by atoms with Gasteiger partial charge in [0.2, 0.25) is 5.91 Å². The maximum absolute atomic E-state index is 12.4. The van der Waals surface area contributed by atoms with Gasteiger partial charge in [-0.05, 0) is 57.5 Å². The first-order valence-electron chi connectivity index (χ1n) is 9.51. The molecular formula is C19H26N4O2S. The number of hydrogen-bond acceptors (Lipinski definition) is 6. The van der Waals surface area contributed by atoms with Gasteiger partial charge in [-0.3, -0.25) is 14.6 Å². The summed E-state index contributed by atoms with van der Waals surface area (Å²) in [6.07, 6.45) is 3.81. The summed E-state index contributed by atoms with van der Waals surface area (Å²) in [6.45, 7) is 7.51. The van der Waals surface area contributed by atoms with Crippen LogP contribution in [0.5, 0.6) is 5.75 Å². The van der Waals surface area contributed by atoms with Gasteiger partial charge in [-0.1, -0.05) is 11.3 Å². The molecule has 7 heteroatoms. The zero-order valence-electron chi connectivity index (χ0n) is 15.2. The van der Waals surface area contributed by atoms with Crippen LogP contribution in [-0.4, -0.2) is 66.1 Å². The second kappa shape index (κ2) is 7.90. The number of benzene rings is 1. The Morgan fingerprint density at radius 2 is 2.19 bits per heavy atom. The van der Waals surface area contributed by atoms with E-state index in [9.17, 15) is 4.79 Å². The molecule has 1 amide bonds. The van der Waals surface area contributed by atoms with Crippen LogP contribution in [0.4, 0.5) is 5.13 Å². The van der Waals surface area contributed by atoms with Crippen LogP contribution in [0.3, 0.4) is 0 Å². The summed E-state index contributed by atoms with van der Waals surface area (Å²) in [5.41, 5.74) is 0.893. The summed E-state index contributed by atoms with van der Waals surface area (Å²) in [5.74, 6) is 0.864. The fraction of sp³-hybridized carbons (Fsp3) is 0.579. The first kappa shape index (κ1) is 17.7. The maximum atomic E-state index is 12.4. The zero-order valence-corrected chi connectivity index (χ0v) is 16.1. The van der Waals surface area contributed by atoms with Crippen molar-refractivity contribution in [2.75, 3.05) is 44.6 Å². The van der Waals surface area contributed by atoms with Gasteiger partial charge in [-0.25, -0.2) is 4.98 Å². The molecule has 1 aromatic heterocycles. The van der Waals surface area contributed by atoms with Crippen molar-refractivity contribution in [2.24, 2.45) is 0 Å². The van der Waals surface area contributed by atoms with E-state index in [1.165, 1.54) is 43.7 Å². The van der Waals surface area contributed by atoms with Gasteiger partial charge in [-0.2, -0.15) is 0 Å². The standard InChI is InChI=1S/C19H26N4O2S/c1-2-25-15-5-6-16-17(11-15)26-19(20-16)21-18(24)13-22-10-7-14(12-22)23-8-3-4-9-23/h5-6,11,14H,2-4,7-10,12-13H2,1H3,(H,20,21,24). The predicted molar refractivity (Wildman–Crippen MR) is 105 cm³/mol. The Morgan fingerprint density at radius 1 is 1.35 bits per heavy atom. The number of amides is 1. The van der Waals surface area contributed by atoms with Crippen molar-refractivity contribution in [1.82, 2.24) is 14.8 Å². The number of rotatable bonds is 6. The molecule has 0 aliphatic carbocycles. The molecule has 2 saturated heterocycles. The Morgan fingerprint density at radius 3 is 3.00 bits per heavy atom. The van der Waals surface area contributed by atoms with Gasteiger partial charge in [0.1, 0.15) is 5.75 Å². The molecule has 0 bridgehead atoms. The Bertz CT molecular complexity index is 772. The quantitative estimate of drug-likeness (QED) is 0.843. The van der Waals surface area contributed by atoms with E-state index in [-0.39, 0.29) is 5.91 Å². The summed E-state index contributed by atoms with van der Waals surface area (Å²) in [7, 11) is 0. The normalized spacial score (nSPS) is 21.5. The molecule has 3 heterocycles. The van der Waals surface area contributed by atoms with Crippen molar-refractivity contribution >= 4 is 32.6 Å². The van der Waals surface area contributed by atoms with E-state index in [0.29, 0.717) is 24.3 Å². The molecule has 6 nitrogen and oxygen atoms in total.